The quantitative estimate of drug-likeness (QED) is 0.812. The standard InChI is InChI=1S/C14H13ClN2O3/c1-8-13(20-3)11(14(19)17(2)16-8)12(18)9-5-4-6-10(15)7-9/h4-7H,1-3H3. The highest BCUT2D eigenvalue weighted by atomic mass is 35.5. The summed E-state index contributed by atoms with van der Waals surface area (Å²) in [5, 5.41) is 4.43. The molecule has 6 heteroatoms. The van der Waals surface area contributed by atoms with E-state index in [0.717, 1.165) is 4.68 Å². The topological polar surface area (TPSA) is 61.2 Å². The minimum atomic E-state index is -0.502. The van der Waals surface area contributed by atoms with Crippen molar-refractivity contribution in [2.45, 2.75) is 6.92 Å². The van der Waals surface area contributed by atoms with Gasteiger partial charge >= 0.3 is 0 Å². The van der Waals surface area contributed by atoms with Gasteiger partial charge in [-0.3, -0.25) is 9.59 Å². The second kappa shape index (κ2) is 5.46. The van der Waals surface area contributed by atoms with Crippen LogP contribution in [-0.2, 0) is 7.05 Å². The van der Waals surface area contributed by atoms with Crippen molar-refractivity contribution < 1.29 is 9.53 Å². The van der Waals surface area contributed by atoms with Crippen molar-refractivity contribution in [1.82, 2.24) is 9.78 Å². The molecule has 1 aromatic heterocycles. The molecule has 0 radical (unpaired) electrons. The molecule has 1 aromatic carbocycles. The minimum absolute atomic E-state index is 0.0373. The minimum Gasteiger partial charge on any atom is -0.494 e. The van der Waals surface area contributed by atoms with Crippen molar-refractivity contribution in [3.05, 3.63) is 56.5 Å². The fraction of sp³-hybridized carbons (Fsp3) is 0.214. The van der Waals surface area contributed by atoms with Crippen LogP contribution < -0.4 is 10.3 Å². The zero-order valence-electron chi connectivity index (χ0n) is 11.3. The molecule has 0 saturated heterocycles. The summed E-state index contributed by atoms with van der Waals surface area (Å²) in [6.45, 7) is 1.67. The van der Waals surface area contributed by atoms with Gasteiger partial charge in [-0.2, -0.15) is 5.10 Å². The zero-order valence-corrected chi connectivity index (χ0v) is 12.1. The average molecular weight is 293 g/mol. The summed E-state index contributed by atoms with van der Waals surface area (Å²) in [6.07, 6.45) is 0. The predicted molar refractivity (Wildman–Crippen MR) is 75.7 cm³/mol. The first-order valence-corrected chi connectivity index (χ1v) is 6.25. The van der Waals surface area contributed by atoms with E-state index in [1.807, 2.05) is 0 Å². The molecule has 2 aromatic rings. The average Bonchev–Trinajstić information content (AvgIpc) is 2.41. The lowest BCUT2D eigenvalue weighted by Crippen LogP contribution is -2.28. The van der Waals surface area contributed by atoms with E-state index in [9.17, 15) is 9.59 Å². The number of ether oxygens (including phenoxy) is 1. The molecule has 0 unspecified atom stereocenters. The number of hydrogen-bond donors (Lipinski definition) is 0. The SMILES string of the molecule is COc1c(C)nn(C)c(=O)c1C(=O)c1cccc(Cl)c1. The van der Waals surface area contributed by atoms with Crippen LogP contribution in [0.2, 0.25) is 5.02 Å². The van der Waals surface area contributed by atoms with E-state index >= 15 is 0 Å². The van der Waals surface area contributed by atoms with Gasteiger partial charge < -0.3 is 4.74 Å². The van der Waals surface area contributed by atoms with Crippen LogP contribution in [0.15, 0.2) is 29.1 Å². The van der Waals surface area contributed by atoms with Crippen LogP contribution in [0.3, 0.4) is 0 Å². The molecule has 0 aliphatic heterocycles. The Bertz CT molecular complexity index is 738. The van der Waals surface area contributed by atoms with Crippen LogP contribution in [0, 0.1) is 6.92 Å². The van der Waals surface area contributed by atoms with E-state index in [2.05, 4.69) is 5.10 Å². The molecule has 0 spiro atoms. The van der Waals surface area contributed by atoms with E-state index in [4.69, 9.17) is 16.3 Å². The zero-order chi connectivity index (χ0) is 14.9. The summed E-state index contributed by atoms with van der Waals surface area (Å²) in [4.78, 5) is 24.7. The summed E-state index contributed by atoms with van der Waals surface area (Å²) in [5.74, 6) is -0.242. The Balaban J connectivity index is 2.69. The number of carbonyl (C=O) groups is 1. The monoisotopic (exact) mass is 292 g/mol. The third kappa shape index (κ3) is 2.44. The summed E-state index contributed by atoms with van der Waals surface area (Å²) in [6, 6.07) is 6.42. The Kier molecular flexibility index (Phi) is 3.90. The van der Waals surface area contributed by atoms with Gasteiger partial charge in [0.25, 0.3) is 5.56 Å². The Hall–Kier alpha value is -2.14. The highest BCUT2D eigenvalue weighted by molar-refractivity contribution is 6.31. The molecule has 20 heavy (non-hydrogen) atoms. The molecule has 1 heterocycles. The molecule has 0 atom stereocenters. The third-order valence-corrected chi connectivity index (χ3v) is 3.12. The van der Waals surface area contributed by atoms with E-state index in [0.29, 0.717) is 16.3 Å². The van der Waals surface area contributed by atoms with Gasteiger partial charge in [0.1, 0.15) is 11.3 Å². The molecule has 2 rings (SSSR count). The summed E-state index contributed by atoms with van der Waals surface area (Å²) in [5.41, 5.74) is 0.265. The lowest BCUT2D eigenvalue weighted by atomic mass is 10.0. The first-order valence-electron chi connectivity index (χ1n) is 5.88. The van der Waals surface area contributed by atoms with Gasteiger partial charge in [0.15, 0.2) is 5.75 Å². The Morgan fingerprint density at radius 3 is 2.70 bits per heavy atom. The van der Waals surface area contributed by atoms with Gasteiger partial charge in [0.2, 0.25) is 5.78 Å². The van der Waals surface area contributed by atoms with Gasteiger partial charge in [0, 0.05) is 17.6 Å². The third-order valence-electron chi connectivity index (χ3n) is 2.88. The van der Waals surface area contributed by atoms with Gasteiger partial charge in [0.05, 0.1) is 7.11 Å². The normalized spacial score (nSPS) is 10.4. The van der Waals surface area contributed by atoms with Crippen LogP contribution in [0.25, 0.3) is 0 Å². The smallest absolute Gasteiger partial charge is 0.281 e. The lowest BCUT2D eigenvalue weighted by Gasteiger charge is -2.11. The maximum atomic E-state index is 12.5. The Morgan fingerprint density at radius 1 is 1.40 bits per heavy atom. The number of hydrogen-bond acceptors (Lipinski definition) is 4. The molecule has 5 nitrogen and oxygen atoms in total. The number of ketones is 1. The largest absolute Gasteiger partial charge is 0.494 e. The summed E-state index contributed by atoms with van der Waals surface area (Å²) < 4.78 is 6.28. The first kappa shape index (κ1) is 14.3. The molecule has 0 fully saturated rings. The van der Waals surface area contributed by atoms with Crippen molar-refractivity contribution in [1.29, 1.82) is 0 Å². The molecule has 0 aliphatic rings. The molecular formula is C14H13ClN2O3. The lowest BCUT2D eigenvalue weighted by molar-refractivity contribution is 0.103. The highest BCUT2D eigenvalue weighted by Gasteiger charge is 2.22. The van der Waals surface area contributed by atoms with Crippen LogP contribution in [0.1, 0.15) is 21.6 Å². The molecular weight excluding hydrogens is 280 g/mol. The Labute approximate surface area is 120 Å². The maximum Gasteiger partial charge on any atom is 0.281 e. The maximum absolute atomic E-state index is 12.5. The molecule has 0 N–H and O–H groups in total. The Morgan fingerprint density at radius 2 is 2.10 bits per heavy atom. The van der Waals surface area contributed by atoms with E-state index in [1.54, 1.807) is 25.1 Å². The van der Waals surface area contributed by atoms with Crippen molar-refractivity contribution >= 4 is 17.4 Å². The van der Waals surface area contributed by atoms with E-state index in [-0.39, 0.29) is 11.3 Å². The molecule has 0 saturated carbocycles. The van der Waals surface area contributed by atoms with Crippen LogP contribution in [0.4, 0.5) is 0 Å². The van der Waals surface area contributed by atoms with Crippen molar-refractivity contribution in [3.63, 3.8) is 0 Å². The molecule has 0 bridgehead atoms. The molecule has 0 aliphatic carbocycles. The fourth-order valence-corrected chi connectivity index (χ4v) is 2.17. The second-order valence-corrected chi connectivity index (χ2v) is 4.70. The van der Waals surface area contributed by atoms with Crippen LogP contribution in [0.5, 0.6) is 5.75 Å². The molecule has 0 amide bonds. The van der Waals surface area contributed by atoms with Gasteiger partial charge in [-0.25, -0.2) is 4.68 Å². The number of aryl methyl sites for hydroxylation is 2. The predicted octanol–water partition coefficient (Wildman–Crippen LogP) is 1.98. The number of nitrogens with zero attached hydrogens (tertiary/aromatic N) is 2. The first-order chi connectivity index (χ1) is 9.45. The van der Waals surface area contributed by atoms with E-state index < -0.39 is 11.3 Å². The number of methoxy groups -OCH3 is 1. The number of carbonyl (C=O) groups excluding carboxylic acids is 1. The van der Waals surface area contributed by atoms with E-state index in [1.165, 1.54) is 20.2 Å². The van der Waals surface area contributed by atoms with Crippen LogP contribution in [-0.4, -0.2) is 22.7 Å². The summed E-state index contributed by atoms with van der Waals surface area (Å²) in [7, 11) is 2.89. The van der Waals surface area contributed by atoms with Gasteiger partial charge in [-0.1, -0.05) is 23.7 Å². The number of halogens is 1. The van der Waals surface area contributed by atoms with Crippen LogP contribution >= 0.6 is 11.6 Å². The van der Waals surface area contributed by atoms with Crippen molar-refractivity contribution in [3.8, 4) is 5.75 Å². The number of rotatable bonds is 3. The fourth-order valence-electron chi connectivity index (χ4n) is 1.98. The molecule has 104 valence electrons. The van der Waals surface area contributed by atoms with Gasteiger partial charge in [-0.15, -0.1) is 0 Å². The van der Waals surface area contributed by atoms with Gasteiger partial charge in [-0.05, 0) is 19.1 Å². The number of benzene rings is 1. The van der Waals surface area contributed by atoms with Crippen molar-refractivity contribution in [2.75, 3.05) is 7.11 Å². The number of aromatic nitrogens is 2. The summed E-state index contributed by atoms with van der Waals surface area (Å²) >= 11 is 5.87. The van der Waals surface area contributed by atoms with Crippen molar-refractivity contribution in [2.24, 2.45) is 7.05 Å². The highest BCUT2D eigenvalue weighted by Crippen LogP contribution is 2.22. The second-order valence-electron chi connectivity index (χ2n) is 4.26.